The van der Waals surface area contributed by atoms with Crippen LogP contribution in [-0.2, 0) is 0 Å². The molecule has 0 aliphatic rings. The van der Waals surface area contributed by atoms with Crippen LogP contribution in [-0.4, -0.2) is 0 Å². The smallest absolute Gasteiger partial charge is 0.00143 e. The standard InChI is InChI=1S/C48H35P/c1-7-19-36(20-8-1)44-35-45(37-31-33-43(34-32-37)49(41-27-15-5-16-28-41)42-29-17-6-18-30-42)47(39-23-11-3-12-24-39)48(40-25-13-4-14-26-40)46(44)38-21-9-2-10-22-38/h1-35H. The lowest BCUT2D eigenvalue weighted by Crippen LogP contribution is -2.20. The van der Waals surface area contributed by atoms with E-state index in [0.29, 0.717) is 0 Å². The van der Waals surface area contributed by atoms with Crippen LogP contribution < -0.4 is 15.9 Å². The first-order chi connectivity index (χ1) is 24.3. The first-order valence-corrected chi connectivity index (χ1v) is 18.1. The van der Waals surface area contributed by atoms with E-state index in [4.69, 9.17) is 0 Å². The Bertz CT molecular complexity index is 2220. The maximum Gasteiger partial charge on any atom is -0.00143 e. The van der Waals surface area contributed by atoms with Crippen molar-refractivity contribution in [1.82, 2.24) is 0 Å². The molecule has 0 unspecified atom stereocenters. The van der Waals surface area contributed by atoms with Gasteiger partial charge in [0.15, 0.2) is 0 Å². The molecule has 8 rings (SSSR count). The van der Waals surface area contributed by atoms with Crippen molar-refractivity contribution < 1.29 is 0 Å². The van der Waals surface area contributed by atoms with E-state index in [2.05, 4.69) is 212 Å². The molecule has 0 aliphatic heterocycles. The van der Waals surface area contributed by atoms with E-state index in [0.717, 1.165) is 0 Å². The molecule has 0 fully saturated rings. The summed E-state index contributed by atoms with van der Waals surface area (Å²) in [5.74, 6) is 0. The van der Waals surface area contributed by atoms with Gasteiger partial charge in [-0.15, -0.1) is 0 Å². The van der Waals surface area contributed by atoms with Crippen LogP contribution in [0.5, 0.6) is 0 Å². The van der Waals surface area contributed by atoms with Crippen LogP contribution in [0, 0.1) is 0 Å². The van der Waals surface area contributed by atoms with Gasteiger partial charge in [-0.05, 0) is 85.5 Å². The van der Waals surface area contributed by atoms with Gasteiger partial charge in [0.1, 0.15) is 0 Å². The van der Waals surface area contributed by atoms with Crippen molar-refractivity contribution in [3.63, 3.8) is 0 Å². The topological polar surface area (TPSA) is 0 Å². The zero-order valence-electron chi connectivity index (χ0n) is 27.2. The van der Waals surface area contributed by atoms with Crippen molar-refractivity contribution in [1.29, 1.82) is 0 Å². The van der Waals surface area contributed by atoms with Gasteiger partial charge in [-0.2, -0.15) is 0 Å². The number of benzene rings is 8. The lowest BCUT2D eigenvalue weighted by atomic mass is 9.79. The molecule has 0 atom stereocenters. The van der Waals surface area contributed by atoms with E-state index in [1.54, 1.807) is 0 Å². The molecule has 0 amide bonds. The van der Waals surface area contributed by atoms with Gasteiger partial charge in [0, 0.05) is 0 Å². The van der Waals surface area contributed by atoms with Crippen LogP contribution in [0.25, 0.3) is 55.6 Å². The quantitative estimate of drug-likeness (QED) is 0.145. The van der Waals surface area contributed by atoms with Crippen molar-refractivity contribution >= 4 is 23.8 Å². The highest BCUT2D eigenvalue weighted by atomic mass is 31.1. The van der Waals surface area contributed by atoms with Crippen molar-refractivity contribution in [3.8, 4) is 55.6 Å². The summed E-state index contributed by atoms with van der Waals surface area (Å²) in [5, 5.41) is 4.04. The highest BCUT2D eigenvalue weighted by Gasteiger charge is 2.24. The zero-order chi connectivity index (χ0) is 32.8. The summed E-state index contributed by atoms with van der Waals surface area (Å²) in [4.78, 5) is 0. The first-order valence-electron chi connectivity index (χ1n) is 16.8. The maximum atomic E-state index is 2.43. The third kappa shape index (κ3) is 6.28. The average Bonchev–Trinajstić information content (AvgIpc) is 3.20. The van der Waals surface area contributed by atoms with E-state index in [9.17, 15) is 0 Å². The Morgan fingerprint density at radius 2 is 0.510 bits per heavy atom. The third-order valence-electron chi connectivity index (χ3n) is 9.06. The second kappa shape index (κ2) is 14.1. The SMILES string of the molecule is c1ccc(-c2cc(-c3ccc(P(c4ccccc4)c4ccccc4)cc3)c(-c3ccccc3)c(-c3ccccc3)c2-c2ccccc2)cc1. The minimum atomic E-state index is -0.699. The molecule has 0 saturated heterocycles. The van der Waals surface area contributed by atoms with Crippen molar-refractivity contribution in [2.45, 2.75) is 0 Å². The van der Waals surface area contributed by atoms with E-state index in [-0.39, 0.29) is 0 Å². The van der Waals surface area contributed by atoms with Gasteiger partial charge in [0.25, 0.3) is 0 Å². The van der Waals surface area contributed by atoms with Gasteiger partial charge in [-0.25, -0.2) is 0 Å². The summed E-state index contributed by atoms with van der Waals surface area (Å²) in [7, 11) is -0.699. The Morgan fingerprint density at radius 3 is 0.898 bits per heavy atom. The van der Waals surface area contributed by atoms with Gasteiger partial charge in [-0.1, -0.05) is 206 Å². The van der Waals surface area contributed by atoms with Gasteiger partial charge >= 0.3 is 0 Å². The first kappa shape index (κ1) is 30.5. The Kier molecular flexibility index (Phi) is 8.80. The summed E-state index contributed by atoms with van der Waals surface area (Å²) in [5.41, 5.74) is 12.2. The van der Waals surface area contributed by atoms with Crippen molar-refractivity contribution in [2.75, 3.05) is 0 Å². The summed E-state index contributed by atoms with van der Waals surface area (Å²) >= 11 is 0. The molecule has 0 spiro atoms. The maximum absolute atomic E-state index is 2.43. The summed E-state index contributed by atoms with van der Waals surface area (Å²) in [6.45, 7) is 0. The second-order valence-corrected chi connectivity index (χ2v) is 14.3. The fourth-order valence-electron chi connectivity index (χ4n) is 6.85. The molecule has 0 radical (unpaired) electrons. The van der Waals surface area contributed by atoms with Gasteiger partial charge in [0.05, 0.1) is 0 Å². The second-order valence-electron chi connectivity index (χ2n) is 12.1. The highest BCUT2D eigenvalue weighted by molar-refractivity contribution is 7.79. The van der Waals surface area contributed by atoms with Gasteiger partial charge in [0.2, 0.25) is 0 Å². The molecular weight excluding hydrogens is 608 g/mol. The van der Waals surface area contributed by atoms with E-state index < -0.39 is 7.92 Å². The molecule has 0 N–H and O–H groups in total. The molecule has 0 aliphatic carbocycles. The predicted octanol–water partition coefficient (Wildman–Crippen LogP) is 11.8. The lowest BCUT2D eigenvalue weighted by Gasteiger charge is -2.25. The lowest BCUT2D eigenvalue weighted by molar-refractivity contribution is 1.53. The molecule has 0 saturated carbocycles. The molecule has 0 heterocycles. The molecular formula is C48H35P. The number of hydrogen-bond donors (Lipinski definition) is 0. The Morgan fingerprint density at radius 1 is 0.224 bits per heavy atom. The Balaban J connectivity index is 1.42. The van der Waals surface area contributed by atoms with Crippen LogP contribution in [0.15, 0.2) is 212 Å². The minimum absolute atomic E-state index is 0.699. The zero-order valence-corrected chi connectivity index (χ0v) is 28.0. The van der Waals surface area contributed by atoms with Crippen LogP contribution in [0.2, 0.25) is 0 Å². The molecule has 232 valence electrons. The van der Waals surface area contributed by atoms with Crippen LogP contribution in [0.1, 0.15) is 0 Å². The van der Waals surface area contributed by atoms with Crippen LogP contribution in [0.3, 0.4) is 0 Å². The number of hydrogen-bond acceptors (Lipinski definition) is 0. The van der Waals surface area contributed by atoms with Gasteiger partial charge < -0.3 is 0 Å². The van der Waals surface area contributed by atoms with Crippen LogP contribution >= 0.6 is 7.92 Å². The van der Waals surface area contributed by atoms with E-state index >= 15 is 0 Å². The minimum Gasteiger partial charge on any atom is -0.0622 e. The fourth-order valence-corrected chi connectivity index (χ4v) is 9.13. The monoisotopic (exact) mass is 642 g/mol. The highest BCUT2D eigenvalue weighted by Crippen LogP contribution is 2.50. The largest absolute Gasteiger partial charge is 0.0622 e. The molecule has 1 heteroatoms. The van der Waals surface area contributed by atoms with Crippen molar-refractivity contribution in [3.05, 3.63) is 212 Å². The molecule has 0 aromatic heterocycles. The Labute approximate surface area is 290 Å². The third-order valence-corrected chi connectivity index (χ3v) is 11.5. The molecule has 8 aromatic rings. The van der Waals surface area contributed by atoms with Gasteiger partial charge in [-0.3, -0.25) is 0 Å². The van der Waals surface area contributed by atoms with Crippen molar-refractivity contribution in [2.24, 2.45) is 0 Å². The fraction of sp³-hybridized carbons (Fsp3) is 0. The Hall–Kier alpha value is -5.81. The molecule has 8 aromatic carbocycles. The molecule has 49 heavy (non-hydrogen) atoms. The normalized spacial score (nSPS) is 11.0. The summed E-state index contributed by atoms with van der Waals surface area (Å²) in [6.07, 6.45) is 0. The number of rotatable bonds is 8. The molecule has 0 nitrogen and oxygen atoms in total. The van der Waals surface area contributed by atoms with E-state index in [1.807, 2.05) is 0 Å². The van der Waals surface area contributed by atoms with E-state index in [1.165, 1.54) is 71.5 Å². The summed E-state index contributed by atoms with van der Waals surface area (Å²) < 4.78 is 0. The average molecular weight is 643 g/mol. The summed E-state index contributed by atoms with van der Waals surface area (Å²) in [6, 6.07) is 77.2. The van der Waals surface area contributed by atoms with Crippen LogP contribution in [0.4, 0.5) is 0 Å². The predicted molar refractivity (Wildman–Crippen MR) is 212 cm³/mol. The molecule has 0 bridgehead atoms.